The van der Waals surface area contributed by atoms with Crippen LogP contribution in [0.4, 0.5) is 0 Å². The van der Waals surface area contributed by atoms with Gasteiger partial charge in [0.2, 0.25) is 0 Å². The maximum Gasteiger partial charge on any atom is 0.0462 e. The van der Waals surface area contributed by atoms with Crippen LogP contribution in [0, 0.1) is 59.2 Å². The third-order valence-electron chi connectivity index (χ3n) is 7.28. The molecule has 104 valence electrons. The van der Waals surface area contributed by atoms with E-state index in [9.17, 15) is 5.11 Å². The van der Waals surface area contributed by atoms with Gasteiger partial charge in [0.25, 0.3) is 0 Å². The quantitative estimate of drug-likeness (QED) is 0.724. The molecule has 5 aliphatic carbocycles. The Morgan fingerprint density at radius 3 is 1.68 bits per heavy atom. The van der Waals surface area contributed by atoms with E-state index in [-0.39, 0.29) is 0 Å². The largest absolute Gasteiger partial charge is 0.396 e. The Morgan fingerprint density at radius 2 is 1.26 bits per heavy atom. The molecule has 0 aromatic rings. The van der Waals surface area contributed by atoms with Gasteiger partial charge >= 0.3 is 0 Å². The first-order chi connectivity index (χ1) is 9.31. The molecular formula is C18H26O. The maximum atomic E-state index is 9.19. The van der Waals surface area contributed by atoms with Crippen LogP contribution in [-0.2, 0) is 0 Å². The van der Waals surface area contributed by atoms with E-state index in [1.54, 1.807) is 12.8 Å². The van der Waals surface area contributed by atoms with Crippen LogP contribution < -0.4 is 0 Å². The summed E-state index contributed by atoms with van der Waals surface area (Å²) >= 11 is 0. The van der Waals surface area contributed by atoms with Crippen LogP contribution in [0.3, 0.4) is 0 Å². The molecule has 0 aromatic heterocycles. The molecule has 1 N–H and O–H groups in total. The van der Waals surface area contributed by atoms with E-state index in [0.29, 0.717) is 12.5 Å². The lowest BCUT2D eigenvalue weighted by atomic mass is 10.1. The van der Waals surface area contributed by atoms with E-state index >= 15 is 0 Å². The Kier molecular flexibility index (Phi) is 2.19. The summed E-state index contributed by atoms with van der Waals surface area (Å²) in [5, 5.41) is 9.19. The molecular weight excluding hydrogens is 232 g/mol. The molecule has 0 spiro atoms. The monoisotopic (exact) mass is 258 g/mol. The van der Waals surface area contributed by atoms with Crippen LogP contribution in [0.5, 0.6) is 0 Å². The van der Waals surface area contributed by atoms with E-state index in [1.165, 1.54) is 19.3 Å². The van der Waals surface area contributed by atoms with Gasteiger partial charge in [-0.1, -0.05) is 6.08 Å². The minimum Gasteiger partial charge on any atom is -0.396 e. The lowest BCUT2D eigenvalue weighted by Gasteiger charge is -1.99. The molecule has 0 amide bonds. The summed E-state index contributed by atoms with van der Waals surface area (Å²) < 4.78 is 0. The Balaban J connectivity index is 1.11. The fourth-order valence-corrected chi connectivity index (χ4v) is 5.67. The van der Waals surface area contributed by atoms with E-state index in [0.717, 1.165) is 53.3 Å². The second-order valence-electron chi connectivity index (χ2n) is 8.33. The summed E-state index contributed by atoms with van der Waals surface area (Å²) in [5.41, 5.74) is 0. The average Bonchev–Trinajstić information content (AvgIpc) is 3.30. The van der Waals surface area contributed by atoms with Crippen molar-refractivity contribution >= 4 is 0 Å². The maximum absolute atomic E-state index is 9.19. The highest BCUT2D eigenvalue weighted by molar-refractivity contribution is 5.15. The summed E-state index contributed by atoms with van der Waals surface area (Å²) in [4.78, 5) is 0. The lowest BCUT2D eigenvalue weighted by molar-refractivity contribution is 0.264. The van der Waals surface area contributed by atoms with Crippen LogP contribution in [-0.4, -0.2) is 11.7 Å². The number of allylic oxidation sites excluding steroid dienone is 1. The SMILES string of the molecule is C=C[C@@H]1C[C@H]1[C@@H]1C[C@H]1[C@@H]1C[C@H]1[C@@H]1C[C@H]1[C@@H]1C[C@H]1CO. The average molecular weight is 258 g/mol. The molecule has 5 saturated carbocycles. The first-order valence-electron chi connectivity index (χ1n) is 8.55. The number of hydrogen-bond donors (Lipinski definition) is 1. The van der Waals surface area contributed by atoms with Gasteiger partial charge < -0.3 is 5.11 Å². The van der Waals surface area contributed by atoms with Gasteiger partial charge in [0.05, 0.1) is 0 Å². The second-order valence-corrected chi connectivity index (χ2v) is 8.33. The standard InChI is InChI=1S/C18H26O/c1-2-9-3-11(9)13-5-15(13)17-7-18(17)16-6-14(16)12-4-10(12)8-19/h2,9-19H,1,3-8H2/t9-,10+,11-,12-,13+,14+,15-,16-,17+,18+/m1/s1. The fourth-order valence-electron chi connectivity index (χ4n) is 5.67. The predicted octanol–water partition coefficient (Wildman–Crippen LogP) is 3.35. The normalized spacial score (nSPS) is 64.5. The molecule has 5 rings (SSSR count). The van der Waals surface area contributed by atoms with E-state index < -0.39 is 0 Å². The Labute approximate surface area is 116 Å². The molecule has 0 saturated heterocycles. The Hall–Kier alpha value is -0.300. The highest BCUT2D eigenvalue weighted by Crippen LogP contribution is 2.72. The molecule has 0 bridgehead atoms. The number of hydrogen-bond acceptors (Lipinski definition) is 1. The molecule has 1 heteroatoms. The highest BCUT2D eigenvalue weighted by atomic mass is 16.3. The number of aliphatic hydroxyl groups is 1. The Bertz CT molecular complexity index is 416. The van der Waals surface area contributed by atoms with Gasteiger partial charge in [-0.25, -0.2) is 0 Å². The van der Waals surface area contributed by atoms with Crippen molar-refractivity contribution in [2.75, 3.05) is 6.61 Å². The van der Waals surface area contributed by atoms with Crippen molar-refractivity contribution < 1.29 is 5.11 Å². The molecule has 0 heterocycles. The first-order valence-corrected chi connectivity index (χ1v) is 8.55. The molecule has 5 fully saturated rings. The van der Waals surface area contributed by atoms with Crippen molar-refractivity contribution in [3.05, 3.63) is 12.7 Å². The van der Waals surface area contributed by atoms with Crippen LogP contribution in [0.15, 0.2) is 12.7 Å². The summed E-state index contributed by atoms with van der Waals surface area (Å²) in [5.74, 6) is 10.1. The van der Waals surface area contributed by atoms with Crippen molar-refractivity contribution in [2.45, 2.75) is 32.1 Å². The first kappa shape index (κ1) is 11.4. The van der Waals surface area contributed by atoms with Crippen LogP contribution in [0.25, 0.3) is 0 Å². The zero-order valence-electron chi connectivity index (χ0n) is 11.7. The van der Waals surface area contributed by atoms with Gasteiger partial charge in [-0.05, 0) is 91.3 Å². The van der Waals surface area contributed by atoms with Gasteiger partial charge in [0, 0.05) is 6.61 Å². The zero-order chi connectivity index (χ0) is 12.7. The minimum atomic E-state index is 0.456. The van der Waals surface area contributed by atoms with Gasteiger partial charge in [0.1, 0.15) is 0 Å². The molecule has 19 heavy (non-hydrogen) atoms. The summed E-state index contributed by atoms with van der Waals surface area (Å²) in [6.07, 6.45) is 9.61. The number of aliphatic hydroxyl groups excluding tert-OH is 1. The Morgan fingerprint density at radius 1 is 0.737 bits per heavy atom. The van der Waals surface area contributed by atoms with Crippen LogP contribution in [0.1, 0.15) is 32.1 Å². The third kappa shape index (κ3) is 1.77. The molecule has 0 unspecified atom stereocenters. The molecule has 0 aliphatic heterocycles. The second kappa shape index (κ2) is 3.67. The minimum absolute atomic E-state index is 0.456. The molecule has 1 nitrogen and oxygen atoms in total. The van der Waals surface area contributed by atoms with E-state index in [1.807, 2.05) is 0 Å². The topological polar surface area (TPSA) is 20.2 Å². The zero-order valence-corrected chi connectivity index (χ0v) is 11.7. The van der Waals surface area contributed by atoms with Gasteiger partial charge in [-0.15, -0.1) is 6.58 Å². The van der Waals surface area contributed by atoms with Gasteiger partial charge in [0.15, 0.2) is 0 Å². The predicted molar refractivity (Wildman–Crippen MR) is 75.3 cm³/mol. The van der Waals surface area contributed by atoms with E-state index in [2.05, 4.69) is 12.7 Å². The van der Waals surface area contributed by atoms with E-state index in [4.69, 9.17) is 0 Å². The fraction of sp³-hybridized carbons (Fsp3) is 0.889. The smallest absolute Gasteiger partial charge is 0.0462 e. The van der Waals surface area contributed by atoms with Crippen molar-refractivity contribution in [1.82, 2.24) is 0 Å². The molecule has 0 radical (unpaired) electrons. The summed E-state index contributed by atoms with van der Waals surface area (Å²) in [6.45, 7) is 4.41. The number of rotatable bonds is 6. The molecule has 0 aromatic carbocycles. The lowest BCUT2D eigenvalue weighted by Crippen LogP contribution is -1.97. The van der Waals surface area contributed by atoms with Crippen molar-refractivity contribution in [3.8, 4) is 0 Å². The van der Waals surface area contributed by atoms with Crippen molar-refractivity contribution in [3.63, 3.8) is 0 Å². The molecule has 5 aliphatic rings. The third-order valence-corrected chi connectivity index (χ3v) is 7.28. The van der Waals surface area contributed by atoms with Crippen molar-refractivity contribution in [1.29, 1.82) is 0 Å². The van der Waals surface area contributed by atoms with Gasteiger partial charge in [-0.2, -0.15) is 0 Å². The van der Waals surface area contributed by atoms with Crippen LogP contribution in [0.2, 0.25) is 0 Å². The summed E-state index contributed by atoms with van der Waals surface area (Å²) in [6, 6.07) is 0. The van der Waals surface area contributed by atoms with Crippen LogP contribution >= 0.6 is 0 Å². The van der Waals surface area contributed by atoms with Crippen molar-refractivity contribution in [2.24, 2.45) is 59.2 Å². The summed E-state index contributed by atoms with van der Waals surface area (Å²) in [7, 11) is 0. The van der Waals surface area contributed by atoms with Gasteiger partial charge in [-0.3, -0.25) is 0 Å². The highest BCUT2D eigenvalue weighted by Gasteiger charge is 2.65. The molecule has 10 atom stereocenters.